The molecule has 0 fully saturated rings. The number of phenols is 1. The molecule has 1 rings (SSSR count). The molecular weight excluding hydrogens is 202 g/mol. The summed E-state index contributed by atoms with van der Waals surface area (Å²) in [7, 11) is 1.56. The molecule has 3 N–H and O–H groups in total. The molecule has 0 aliphatic rings. The fourth-order valence-electron chi connectivity index (χ4n) is 1.60. The van der Waals surface area contributed by atoms with Crippen molar-refractivity contribution in [3.8, 4) is 11.5 Å². The van der Waals surface area contributed by atoms with E-state index in [1.54, 1.807) is 7.11 Å². The quantitative estimate of drug-likeness (QED) is 0.826. The van der Waals surface area contributed by atoms with Crippen LogP contribution in [0.3, 0.4) is 0 Å². The lowest BCUT2D eigenvalue weighted by Crippen LogP contribution is -2.13. The van der Waals surface area contributed by atoms with Crippen molar-refractivity contribution in [2.24, 2.45) is 5.73 Å². The molecule has 90 valence electrons. The third-order valence-electron chi connectivity index (χ3n) is 2.65. The molecule has 0 unspecified atom stereocenters. The largest absolute Gasteiger partial charge is 0.504 e. The van der Waals surface area contributed by atoms with E-state index in [4.69, 9.17) is 10.5 Å². The van der Waals surface area contributed by atoms with Crippen molar-refractivity contribution in [1.82, 2.24) is 0 Å². The van der Waals surface area contributed by atoms with Crippen molar-refractivity contribution < 1.29 is 9.84 Å². The van der Waals surface area contributed by atoms with E-state index in [0.717, 1.165) is 11.1 Å². The maximum atomic E-state index is 9.93. The molecule has 0 aliphatic carbocycles. The third kappa shape index (κ3) is 2.67. The summed E-state index contributed by atoms with van der Waals surface area (Å²) in [6.07, 6.45) is 0.659. The van der Waals surface area contributed by atoms with Crippen LogP contribution in [-0.4, -0.2) is 18.8 Å². The van der Waals surface area contributed by atoms with Gasteiger partial charge in [-0.15, -0.1) is 0 Å². The average molecular weight is 223 g/mol. The molecule has 0 saturated heterocycles. The predicted octanol–water partition coefficient (Wildman–Crippen LogP) is 2.20. The van der Waals surface area contributed by atoms with Crippen LogP contribution in [0.15, 0.2) is 12.1 Å². The van der Waals surface area contributed by atoms with Gasteiger partial charge in [0.15, 0.2) is 11.5 Å². The summed E-state index contributed by atoms with van der Waals surface area (Å²) in [6.45, 7) is 6.91. The van der Waals surface area contributed by atoms with Crippen molar-refractivity contribution in [2.75, 3.05) is 13.7 Å². The summed E-state index contributed by atoms with van der Waals surface area (Å²) in [6, 6.07) is 3.89. The second kappa shape index (κ2) is 4.74. The normalized spacial score (nSPS) is 11.6. The Morgan fingerprint density at radius 3 is 2.38 bits per heavy atom. The highest BCUT2D eigenvalue weighted by atomic mass is 16.5. The summed E-state index contributed by atoms with van der Waals surface area (Å²) < 4.78 is 5.18. The van der Waals surface area contributed by atoms with Gasteiger partial charge < -0.3 is 15.6 Å². The number of methoxy groups -OCH3 is 1. The van der Waals surface area contributed by atoms with Gasteiger partial charge in [-0.1, -0.05) is 26.8 Å². The van der Waals surface area contributed by atoms with Crippen LogP contribution in [0.25, 0.3) is 0 Å². The summed E-state index contributed by atoms with van der Waals surface area (Å²) in [5.74, 6) is 0.733. The number of hydrogen-bond acceptors (Lipinski definition) is 3. The number of phenolic OH excluding ortho intramolecular Hbond substituents is 1. The minimum Gasteiger partial charge on any atom is -0.504 e. The third-order valence-corrected chi connectivity index (χ3v) is 2.65. The summed E-state index contributed by atoms with van der Waals surface area (Å²) in [4.78, 5) is 0. The zero-order valence-corrected chi connectivity index (χ0v) is 10.5. The highest BCUT2D eigenvalue weighted by Crippen LogP contribution is 2.35. The van der Waals surface area contributed by atoms with Gasteiger partial charge in [-0.25, -0.2) is 0 Å². The predicted molar refractivity (Wildman–Crippen MR) is 66.1 cm³/mol. The maximum Gasteiger partial charge on any atom is 0.161 e. The number of benzene rings is 1. The van der Waals surface area contributed by atoms with E-state index in [9.17, 15) is 5.11 Å². The van der Waals surface area contributed by atoms with E-state index in [1.165, 1.54) is 0 Å². The van der Waals surface area contributed by atoms with Crippen LogP contribution >= 0.6 is 0 Å². The van der Waals surface area contributed by atoms with Gasteiger partial charge >= 0.3 is 0 Å². The van der Waals surface area contributed by atoms with Crippen molar-refractivity contribution >= 4 is 0 Å². The number of aromatic hydroxyl groups is 1. The van der Waals surface area contributed by atoms with Crippen molar-refractivity contribution in [2.45, 2.75) is 32.6 Å². The lowest BCUT2D eigenvalue weighted by Gasteiger charge is -2.21. The Kier molecular flexibility index (Phi) is 3.81. The minimum absolute atomic E-state index is 0.0321. The van der Waals surface area contributed by atoms with E-state index in [2.05, 4.69) is 20.8 Å². The van der Waals surface area contributed by atoms with Gasteiger partial charge in [0.05, 0.1) is 7.11 Å². The van der Waals surface area contributed by atoms with Crippen molar-refractivity contribution in [3.05, 3.63) is 23.3 Å². The minimum atomic E-state index is 0.0321. The fourth-order valence-corrected chi connectivity index (χ4v) is 1.60. The Hall–Kier alpha value is -1.22. The van der Waals surface area contributed by atoms with Gasteiger partial charge in [0.2, 0.25) is 0 Å². The monoisotopic (exact) mass is 223 g/mol. The van der Waals surface area contributed by atoms with Gasteiger partial charge in [-0.05, 0) is 35.6 Å². The zero-order chi connectivity index (χ0) is 12.3. The molecule has 0 bridgehead atoms. The van der Waals surface area contributed by atoms with E-state index < -0.39 is 0 Å². The SMILES string of the molecule is COc1cc(C(C)(C)C)cc(CCN)c1O. The molecule has 1 aromatic rings. The summed E-state index contributed by atoms with van der Waals surface area (Å²) >= 11 is 0. The number of hydrogen-bond donors (Lipinski definition) is 2. The molecule has 0 heterocycles. The lowest BCUT2D eigenvalue weighted by molar-refractivity contribution is 0.368. The molecule has 1 aromatic carbocycles. The highest BCUT2D eigenvalue weighted by Gasteiger charge is 2.18. The average Bonchev–Trinajstić information content (AvgIpc) is 2.19. The summed E-state index contributed by atoms with van der Waals surface area (Å²) in [5.41, 5.74) is 7.56. The van der Waals surface area contributed by atoms with Crippen LogP contribution in [0.1, 0.15) is 31.9 Å². The van der Waals surface area contributed by atoms with Crippen molar-refractivity contribution in [3.63, 3.8) is 0 Å². The van der Waals surface area contributed by atoms with Gasteiger partial charge in [-0.3, -0.25) is 0 Å². The van der Waals surface area contributed by atoms with E-state index in [1.807, 2.05) is 12.1 Å². The summed E-state index contributed by atoms with van der Waals surface area (Å²) in [5, 5.41) is 9.93. The van der Waals surface area contributed by atoms with E-state index in [0.29, 0.717) is 18.7 Å². The topological polar surface area (TPSA) is 55.5 Å². The molecule has 0 amide bonds. The van der Waals surface area contributed by atoms with Crippen LogP contribution in [0.4, 0.5) is 0 Å². The first-order valence-electron chi connectivity index (χ1n) is 5.50. The standard InChI is InChI=1S/C13H21NO2/c1-13(2,3)10-7-9(5-6-14)12(15)11(8-10)16-4/h7-8,15H,5-6,14H2,1-4H3. The van der Waals surface area contributed by atoms with Gasteiger partial charge in [0.25, 0.3) is 0 Å². The highest BCUT2D eigenvalue weighted by molar-refractivity contribution is 5.50. The van der Waals surface area contributed by atoms with Crippen LogP contribution in [0.5, 0.6) is 11.5 Å². The molecule has 0 saturated carbocycles. The first-order valence-corrected chi connectivity index (χ1v) is 5.50. The second-order valence-corrected chi connectivity index (χ2v) is 4.97. The van der Waals surface area contributed by atoms with Crippen LogP contribution in [-0.2, 0) is 11.8 Å². The van der Waals surface area contributed by atoms with Gasteiger partial charge in [0, 0.05) is 0 Å². The first-order chi connectivity index (χ1) is 7.40. The smallest absolute Gasteiger partial charge is 0.161 e. The molecule has 0 aliphatic heterocycles. The molecular formula is C13H21NO2. The van der Waals surface area contributed by atoms with Gasteiger partial charge in [-0.2, -0.15) is 0 Å². The Morgan fingerprint density at radius 1 is 1.31 bits per heavy atom. The fraction of sp³-hybridized carbons (Fsp3) is 0.538. The van der Waals surface area contributed by atoms with E-state index in [-0.39, 0.29) is 11.2 Å². The van der Waals surface area contributed by atoms with Gasteiger partial charge in [0.1, 0.15) is 0 Å². The number of ether oxygens (including phenoxy) is 1. The second-order valence-electron chi connectivity index (χ2n) is 4.97. The molecule has 0 atom stereocenters. The molecule has 16 heavy (non-hydrogen) atoms. The molecule has 0 aromatic heterocycles. The Balaban J connectivity index is 3.28. The van der Waals surface area contributed by atoms with Crippen LogP contribution in [0, 0.1) is 0 Å². The van der Waals surface area contributed by atoms with Crippen molar-refractivity contribution in [1.29, 1.82) is 0 Å². The van der Waals surface area contributed by atoms with Crippen LogP contribution < -0.4 is 10.5 Å². The van der Waals surface area contributed by atoms with E-state index >= 15 is 0 Å². The lowest BCUT2D eigenvalue weighted by atomic mass is 9.85. The zero-order valence-electron chi connectivity index (χ0n) is 10.5. The molecule has 3 heteroatoms. The Labute approximate surface area is 97.2 Å². The Bertz CT molecular complexity index is 367. The molecule has 0 radical (unpaired) electrons. The van der Waals surface area contributed by atoms with Crippen LogP contribution in [0.2, 0.25) is 0 Å². The Morgan fingerprint density at radius 2 is 1.94 bits per heavy atom. The number of rotatable bonds is 3. The maximum absolute atomic E-state index is 9.93. The first kappa shape index (κ1) is 12.8. The number of nitrogens with two attached hydrogens (primary N) is 1. The molecule has 3 nitrogen and oxygen atoms in total. The molecule has 0 spiro atoms.